The van der Waals surface area contributed by atoms with Crippen molar-refractivity contribution in [2.45, 2.75) is 37.8 Å². The van der Waals surface area contributed by atoms with Crippen LogP contribution in [0, 0.1) is 0 Å². The summed E-state index contributed by atoms with van der Waals surface area (Å²) in [6, 6.07) is 9.90. The molecule has 0 amide bonds. The molecule has 3 aromatic rings. The first kappa shape index (κ1) is 22.9. The number of nitrogens with one attached hydrogen (secondary N) is 2. The van der Waals surface area contributed by atoms with E-state index >= 15 is 0 Å². The number of rotatable bonds is 9. The fourth-order valence-electron chi connectivity index (χ4n) is 3.77. The molecule has 1 aromatic heterocycles. The summed E-state index contributed by atoms with van der Waals surface area (Å²) in [5, 5.41) is 11.7. The van der Waals surface area contributed by atoms with Gasteiger partial charge in [0.05, 0.1) is 25.2 Å². The molecule has 0 fully saturated rings. The third-order valence-corrected chi connectivity index (χ3v) is 6.98. The highest BCUT2D eigenvalue weighted by atomic mass is 32.2. The van der Waals surface area contributed by atoms with Crippen LogP contribution in [0.2, 0.25) is 0 Å². The van der Waals surface area contributed by atoms with Crippen molar-refractivity contribution in [3.8, 4) is 23.3 Å². The molecule has 11 heteroatoms. The molecule has 10 nitrogen and oxygen atoms in total. The van der Waals surface area contributed by atoms with E-state index in [9.17, 15) is 8.42 Å². The van der Waals surface area contributed by atoms with E-state index in [1.54, 1.807) is 17.6 Å². The zero-order chi connectivity index (χ0) is 23.6. The summed E-state index contributed by atoms with van der Waals surface area (Å²) in [5.74, 6) is 1.84. The average Bonchev–Trinajstić information content (AvgIpc) is 3.44. The molecule has 0 bridgehead atoms. The first-order valence-corrected chi connectivity index (χ1v) is 12.1. The lowest BCUT2D eigenvalue weighted by Gasteiger charge is -2.16. The summed E-state index contributed by atoms with van der Waals surface area (Å²) in [4.78, 5) is 0.0525. The third kappa shape index (κ3) is 4.60. The lowest BCUT2D eigenvalue weighted by atomic mass is 10.2. The molecule has 0 aliphatic carbocycles. The van der Waals surface area contributed by atoms with Gasteiger partial charge in [-0.2, -0.15) is 0 Å². The maximum atomic E-state index is 13.0. The second kappa shape index (κ2) is 9.28. The number of ether oxygens (including phenoxy) is 3. The lowest BCUT2D eigenvalue weighted by Crippen LogP contribution is -2.29. The molecule has 1 aliphatic rings. The Morgan fingerprint density at radius 1 is 1.12 bits per heavy atom. The lowest BCUT2D eigenvalue weighted by molar-refractivity contribution is 0.354. The second-order valence-corrected chi connectivity index (χ2v) is 9.26. The minimum atomic E-state index is -3.86. The van der Waals surface area contributed by atoms with Gasteiger partial charge in [-0.15, -0.1) is 5.10 Å². The Morgan fingerprint density at radius 3 is 2.64 bits per heavy atom. The quantitative estimate of drug-likeness (QED) is 0.487. The molecular formula is C22H27N5O5S. The predicted octanol–water partition coefficient (Wildman–Crippen LogP) is 3.12. The fraction of sp³-hybridized carbons (Fsp3) is 0.364. The van der Waals surface area contributed by atoms with Gasteiger partial charge in [-0.1, -0.05) is 11.2 Å². The van der Waals surface area contributed by atoms with Crippen LogP contribution in [0.4, 0.5) is 5.69 Å². The van der Waals surface area contributed by atoms with Gasteiger partial charge in [0.1, 0.15) is 5.75 Å². The minimum absolute atomic E-state index is 0.0525. The Kier molecular flexibility index (Phi) is 6.43. The Morgan fingerprint density at radius 2 is 1.91 bits per heavy atom. The van der Waals surface area contributed by atoms with Crippen molar-refractivity contribution in [1.82, 2.24) is 19.5 Å². The highest BCUT2D eigenvalue weighted by Gasteiger charge is 2.25. The van der Waals surface area contributed by atoms with Gasteiger partial charge < -0.3 is 19.5 Å². The Hall–Kier alpha value is -3.31. The van der Waals surface area contributed by atoms with Gasteiger partial charge in [0.15, 0.2) is 17.3 Å². The molecule has 2 heterocycles. The number of hydrogen-bond donors (Lipinski definition) is 2. The molecule has 2 aromatic carbocycles. The van der Waals surface area contributed by atoms with Gasteiger partial charge in [0, 0.05) is 30.9 Å². The van der Waals surface area contributed by atoms with E-state index in [2.05, 4.69) is 20.2 Å². The molecule has 0 spiro atoms. The van der Waals surface area contributed by atoms with E-state index in [0.717, 1.165) is 18.7 Å². The predicted molar refractivity (Wildman–Crippen MR) is 123 cm³/mol. The molecule has 4 rings (SSSR count). The fourth-order valence-corrected chi connectivity index (χ4v) is 4.99. The van der Waals surface area contributed by atoms with Gasteiger partial charge in [0.25, 0.3) is 0 Å². The van der Waals surface area contributed by atoms with Crippen LogP contribution in [0.25, 0.3) is 0 Å². The number of nitrogens with zero attached hydrogens (tertiary/aromatic N) is 3. The molecule has 33 heavy (non-hydrogen) atoms. The first-order valence-electron chi connectivity index (χ1n) is 10.6. The number of anilines is 1. The number of sulfonamides is 1. The first-order chi connectivity index (χ1) is 15.9. The maximum absolute atomic E-state index is 13.0. The van der Waals surface area contributed by atoms with Crippen LogP contribution >= 0.6 is 0 Å². The summed E-state index contributed by atoms with van der Waals surface area (Å²) >= 11 is 0. The molecule has 1 aliphatic heterocycles. The zero-order valence-corrected chi connectivity index (χ0v) is 19.8. The van der Waals surface area contributed by atoms with E-state index < -0.39 is 16.1 Å². The standard InChI is InChI=1S/C22H27N5O5S/c1-5-27-21(24-25-22(27)32-16-7-6-15-10-11-23-18(15)12-16)14(2)26-33(28,29)17-8-9-19(30-3)20(13-17)31-4/h6-9,12-14,23,26H,5,10-11H2,1-4H3/t14-/m1/s1. The van der Waals surface area contributed by atoms with Crippen molar-refractivity contribution in [3.05, 3.63) is 47.8 Å². The normalized spacial score (nSPS) is 13.8. The molecule has 0 saturated heterocycles. The van der Waals surface area contributed by atoms with Crippen molar-refractivity contribution < 1.29 is 22.6 Å². The zero-order valence-electron chi connectivity index (χ0n) is 19.0. The third-order valence-electron chi connectivity index (χ3n) is 5.45. The molecule has 1 atom stereocenters. The Balaban J connectivity index is 1.55. The second-order valence-electron chi connectivity index (χ2n) is 7.54. The van der Waals surface area contributed by atoms with Crippen LogP contribution in [-0.2, 0) is 23.0 Å². The monoisotopic (exact) mass is 473 g/mol. The largest absolute Gasteiger partial charge is 0.493 e. The van der Waals surface area contributed by atoms with Gasteiger partial charge >= 0.3 is 6.01 Å². The SMILES string of the molecule is CCn1c(Oc2ccc3c(c2)NCC3)nnc1[C@@H](C)NS(=O)(=O)c1ccc(OC)c(OC)c1. The van der Waals surface area contributed by atoms with E-state index in [-0.39, 0.29) is 4.90 Å². The van der Waals surface area contributed by atoms with Crippen molar-refractivity contribution in [2.75, 3.05) is 26.1 Å². The Labute approximate surface area is 192 Å². The van der Waals surface area contributed by atoms with Crippen LogP contribution < -0.4 is 24.2 Å². The maximum Gasteiger partial charge on any atom is 0.322 e. The summed E-state index contributed by atoms with van der Waals surface area (Å²) < 4.78 is 46.7. The van der Waals surface area contributed by atoms with Gasteiger partial charge in [-0.3, -0.25) is 4.57 Å². The molecule has 0 unspecified atom stereocenters. The molecule has 0 saturated carbocycles. The Bertz CT molecular complexity index is 1260. The number of benzene rings is 2. The van der Waals surface area contributed by atoms with Crippen LogP contribution in [0.5, 0.6) is 23.3 Å². The topological polar surface area (TPSA) is 117 Å². The number of methoxy groups -OCH3 is 2. The summed E-state index contributed by atoms with van der Waals surface area (Å²) in [6.07, 6.45) is 0.989. The van der Waals surface area contributed by atoms with Crippen LogP contribution in [0.15, 0.2) is 41.3 Å². The number of aromatic nitrogens is 3. The number of hydrogen-bond acceptors (Lipinski definition) is 8. The van der Waals surface area contributed by atoms with Crippen LogP contribution in [-0.4, -0.2) is 43.9 Å². The smallest absolute Gasteiger partial charge is 0.322 e. The highest BCUT2D eigenvalue weighted by Crippen LogP contribution is 2.31. The summed E-state index contributed by atoms with van der Waals surface area (Å²) in [7, 11) is -0.922. The molecule has 2 N–H and O–H groups in total. The van der Waals surface area contributed by atoms with E-state index in [1.165, 1.54) is 31.9 Å². The molecule has 0 radical (unpaired) electrons. The van der Waals surface area contributed by atoms with Gasteiger partial charge in [-0.05, 0) is 44.0 Å². The van der Waals surface area contributed by atoms with Gasteiger partial charge in [-0.25, -0.2) is 13.1 Å². The van der Waals surface area contributed by atoms with Gasteiger partial charge in [0.2, 0.25) is 10.0 Å². The highest BCUT2D eigenvalue weighted by molar-refractivity contribution is 7.89. The van der Waals surface area contributed by atoms with Crippen molar-refractivity contribution >= 4 is 15.7 Å². The van der Waals surface area contributed by atoms with E-state index in [0.29, 0.717) is 35.6 Å². The molecule has 176 valence electrons. The van der Waals surface area contributed by atoms with E-state index in [4.69, 9.17) is 14.2 Å². The summed E-state index contributed by atoms with van der Waals surface area (Å²) in [5.41, 5.74) is 2.30. The van der Waals surface area contributed by atoms with Crippen LogP contribution in [0.1, 0.15) is 31.3 Å². The van der Waals surface area contributed by atoms with E-state index in [1.807, 2.05) is 25.1 Å². The summed E-state index contributed by atoms with van der Waals surface area (Å²) in [6.45, 7) is 5.03. The van der Waals surface area contributed by atoms with Crippen LogP contribution in [0.3, 0.4) is 0 Å². The van der Waals surface area contributed by atoms with Crippen molar-refractivity contribution in [2.24, 2.45) is 0 Å². The molecular weight excluding hydrogens is 446 g/mol. The minimum Gasteiger partial charge on any atom is -0.493 e. The van der Waals surface area contributed by atoms with Crippen molar-refractivity contribution in [3.63, 3.8) is 0 Å². The number of fused-ring (bicyclic) bond motifs is 1. The van der Waals surface area contributed by atoms with Crippen molar-refractivity contribution in [1.29, 1.82) is 0 Å². The average molecular weight is 474 g/mol.